The number of nitrogens with zero attached hydrogens (tertiary/aromatic N) is 4. The summed E-state index contributed by atoms with van der Waals surface area (Å²) in [5.41, 5.74) is 6.43. The molecule has 1 fully saturated rings. The van der Waals surface area contributed by atoms with Crippen molar-refractivity contribution in [3.8, 4) is 0 Å². The summed E-state index contributed by atoms with van der Waals surface area (Å²) in [5.74, 6) is -2.97. The molecule has 0 atom stereocenters. The van der Waals surface area contributed by atoms with Crippen LogP contribution < -0.4 is 5.73 Å². The van der Waals surface area contributed by atoms with Crippen molar-refractivity contribution < 1.29 is 13.6 Å². The summed E-state index contributed by atoms with van der Waals surface area (Å²) in [5, 5.41) is -0.0310. The molecule has 0 radical (unpaired) electrons. The summed E-state index contributed by atoms with van der Waals surface area (Å²) in [6.45, 7) is 0.0134. The highest BCUT2D eigenvalue weighted by Gasteiger charge is 2.37. The molecule has 0 unspecified atom stereocenters. The molecule has 0 aliphatic heterocycles. The summed E-state index contributed by atoms with van der Waals surface area (Å²) in [7, 11) is 0. The number of alkyl halides is 2. The minimum Gasteiger partial charge on any atom is -0.382 e. The van der Waals surface area contributed by atoms with Gasteiger partial charge >= 0.3 is 0 Å². The van der Waals surface area contributed by atoms with Crippen LogP contribution in [0.1, 0.15) is 25.7 Å². The van der Waals surface area contributed by atoms with Crippen molar-refractivity contribution in [2.24, 2.45) is 5.92 Å². The van der Waals surface area contributed by atoms with Gasteiger partial charge in [0.25, 0.3) is 0 Å². The number of ketones is 1. The second-order valence-corrected chi connectivity index (χ2v) is 5.86. The normalized spacial score (nSPS) is 18.7. The van der Waals surface area contributed by atoms with Gasteiger partial charge in [0.15, 0.2) is 17.2 Å². The summed E-state index contributed by atoms with van der Waals surface area (Å²) < 4.78 is 27.8. The van der Waals surface area contributed by atoms with E-state index in [2.05, 4.69) is 15.0 Å². The number of hydrogen-bond donors (Lipinski definition) is 1. The number of carbonyl (C=O) groups is 1. The predicted octanol–water partition coefficient (Wildman–Crippen LogP) is 2.46. The number of fused-ring (bicyclic) bond motifs is 1. The highest BCUT2D eigenvalue weighted by Crippen LogP contribution is 2.36. The van der Waals surface area contributed by atoms with Crippen LogP contribution in [0.5, 0.6) is 0 Å². The molecule has 1 aliphatic rings. The fourth-order valence-electron chi connectivity index (χ4n) is 2.71. The molecular formula is C13H14ClF2N5O. The fourth-order valence-corrected chi connectivity index (χ4v) is 2.88. The lowest BCUT2D eigenvalue weighted by Gasteiger charge is -2.27. The molecule has 0 amide bonds. The standard InChI is InChI=1S/C13H14ClF2N5O/c14-12-19-10(17)9-11(20-12)21(6-18-9)5-8(22)7-1-3-13(15,16)4-2-7/h6-7H,1-5H2,(H2,17,19,20). The minimum atomic E-state index is -2.65. The van der Waals surface area contributed by atoms with Gasteiger partial charge in [0.1, 0.15) is 5.52 Å². The topological polar surface area (TPSA) is 86.7 Å². The minimum absolute atomic E-state index is 0.0134. The second kappa shape index (κ2) is 5.42. The zero-order valence-corrected chi connectivity index (χ0v) is 12.4. The molecule has 0 saturated heterocycles. The molecule has 0 aromatic carbocycles. The average Bonchev–Trinajstić information content (AvgIpc) is 2.82. The Morgan fingerprint density at radius 1 is 1.41 bits per heavy atom. The first kappa shape index (κ1) is 15.1. The Labute approximate surface area is 129 Å². The van der Waals surface area contributed by atoms with E-state index in [-0.39, 0.29) is 55.0 Å². The molecule has 0 bridgehead atoms. The lowest BCUT2D eigenvalue weighted by Crippen LogP contribution is -2.30. The number of carbonyl (C=O) groups excluding carboxylic acids is 1. The number of halogens is 3. The highest BCUT2D eigenvalue weighted by atomic mass is 35.5. The smallest absolute Gasteiger partial charge is 0.248 e. The van der Waals surface area contributed by atoms with Crippen molar-refractivity contribution in [1.82, 2.24) is 19.5 Å². The molecule has 22 heavy (non-hydrogen) atoms. The van der Waals surface area contributed by atoms with Crippen molar-refractivity contribution in [1.29, 1.82) is 0 Å². The molecule has 3 rings (SSSR count). The summed E-state index contributed by atoms with van der Waals surface area (Å²) in [4.78, 5) is 24.2. The maximum absolute atomic E-state index is 13.1. The van der Waals surface area contributed by atoms with E-state index in [9.17, 15) is 13.6 Å². The van der Waals surface area contributed by atoms with Crippen molar-refractivity contribution in [2.75, 3.05) is 5.73 Å². The van der Waals surface area contributed by atoms with Gasteiger partial charge in [-0.1, -0.05) is 0 Å². The van der Waals surface area contributed by atoms with Gasteiger partial charge in [-0.2, -0.15) is 9.97 Å². The quantitative estimate of drug-likeness (QED) is 0.874. The third-order valence-corrected chi connectivity index (χ3v) is 4.13. The Kier molecular flexibility index (Phi) is 3.72. The number of anilines is 1. The highest BCUT2D eigenvalue weighted by molar-refractivity contribution is 6.28. The number of nitrogen functional groups attached to an aromatic ring is 1. The Balaban J connectivity index is 1.78. The van der Waals surface area contributed by atoms with Gasteiger partial charge in [-0.3, -0.25) is 4.79 Å². The number of nitrogens with two attached hydrogens (primary N) is 1. The first-order valence-corrected chi connectivity index (χ1v) is 7.28. The summed E-state index contributed by atoms with van der Waals surface area (Å²) in [6, 6.07) is 0. The van der Waals surface area contributed by atoms with Crippen LogP contribution in [0.15, 0.2) is 6.33 Å². The van der Waals surface area contributed by atoms with Crippen molar-refractivity contribution in [3.63, 3.8) is 0 Å². The SMILES string of the molecule is Nc1nc(Cl)nc2c1ncn2CC(=O)C1CCC(F)(F)CC1. The van der Waals surface area contributed by atoms with E-state index in [1.807, 2.05) is 0 Å². The van der Waals surface area contributed by atoms with Crippen LogP contribution in [0.25, 0.3) is 11.2 Å². The Bertz CT molecular complexity index is 723. The maximum atomic E-state index is 13.1. The van der Waals surface area contributed by atoms with Gasteiger partial charge in [-0.25, -0.2) is 13.8 Å². The van der Waals surface area contributed by atoms with E-state index in [1.165, 1.54) is 10.9 Å². The van der Waals surface area contributed by atoms with Gasteiger partial charge in [0, 0.05) is 18.8 Å². The van der Waals surface area contributed by atoms with E-state index in [0.29, 0.717) is 11.2 Å². The molecule has 2 heterocycles. The average molecular weight is 330 g/mol. The van der Waals surface area contributed by atoms with Gasteiger partial charge in [0.05, 0.1) is 12.9 Å². The van der Waals surface area contributed by atoms with Crippen molar-refractivity contribution in [2.45, 2.75) is 38.2 Å². The van der Waals surface area contributed by atoms with Gasteiger partial charge in [-0.05, 0) is 24.4 Å². The Morgan fingerprint density at radius 2 is 2.09 bits per heavy atom. The zero-order valence-electron chi connectivity index (χ0n) is 11.6. The van der Waals surface area contributed by atoms with Crippen LogP contribution in [0, 0.1) is 5.92 Å². The van der Waals surface area contributed by atoms with Crippen LogP contribution >= 0.6 is 11.6 Å². The summed E-state index contributed by atoms with van der Waals surface area (Å²) >= 11 is 5.76. The predicted molar refractivity (Wildman–Crippen MR) is 76.7 cm³/mol. The first-order chi connectivity index (χ1) is 10.4. The number of imidazole rings is 1. The van der Waals surface area contributed by atoms with E-state index < -0.39 is 5.92 Å². The molecule has 1 saturated carbocycles. The monoisotopic (exact) mass is 329 g/mol. The zero-order chi connectivity index (χ0) is 15.9. The lowest BCUT2D eigenvalue weighted by atomic mass is 9.84. The third kappa shape index (κ3) is 2.87. The molecule has 2 N–H and O–H groups in total. The molecule has 118 valence electrons. The van der Waals surface area contributed by atoms with Gasteiger partial charge < -0.3 is 10.3 Å². The van der Waals surface area contributed by atoms with E-state index in [4.69, 9.17) is 17.3 Å². The maximum Gasteiger partial charge on any atom is 0.248 e. The lowest BCUT2D eigenvalue weighted by molar-refractivity contribution is -0.127. The second-order valence-electron chi connectivity index (χ2n) is 5.52. The molecule has 2 aromatic rings. The van der Waals surface area contributed by atoms with E-state index >= 15 is 0 Å². The molecule has 6 nitrogen and oxygen atoms in total. The van der Waals surface area contributed by atoms with E-state index in [1.54, 1.807) is 0 Å². The number of aromatic nitrogens is 4. The van der Waals surface area contributed by atoms with Crippen molar-refractivity contribution in [3.05, 3.63) is 11.6 Å². The molecule has 2 aromatic heterocycles. The van der Waals surface area contributed by atoms with Crippen LogP contribution in [-0.2, 0) is 11.3 Å². The van der Waals surface area contributed by atoms with Gasteiger partial charge in [-0.15, -0.1) is 0 Å². The van der Waals surface area contributed by atoms with Crippen LogP contribution in [0.2, 0.25) is 5.28 Å². The Morgan fingerprint density at radius 3 is 2.77 bits per heavy atom. The first-order valence-electron chi connectivity index (χ1n) is 6.90. The van der Waals surface area contributed by atoms with Crippen LogP contribution in [0.4, 0.5) is 14.6 Å². The van der Waals surface area contributed by atoms with Crippen LogP contribution in [-0.4, -0.2) is 31.2 Å². The third-order valence-electron chi connectivity index (χ3n) is 3.96. The number of rotatable bonds is 3. The van der Waals surface area contributed by atoms with Crippen molar-refractivity contribution >= 4 is 34.4 Å². The fraction of sp³-hybridized carbons (Fsp3) is 0.538. The molecule has 0 spiro atoms. The molecule has 1 aliphatic carbocycles. The molecular weight excluding hydrogens is 316 g/mol. The van der Waals surface area contributed by atoms with Gasteiger partial charge in [0.2, 0.25) is 11.2 Å². The Hall–Kier alpha value is -1.83. The largest absolute Gasteiger partial charge is 0.382 e. The number of Topliss-reactive ketones (excluding diaryl/α,β-unsaturated/α-hetero) is 1. The number of hydrogen-bond acceptors (Lipinski definition) is 5. The summed E-state index contributed by atoms with van der Waals surface area (Å²) in [6.07, 6.45) is 1.36. The van der Waals surface area contributed by atoms with E-state index in [0.717, 1.165) is 0 Å². The van der Waals surface area contributed by atoms with Crippen LogP contribution in [0.3, 0.4) is 0 Å². The molecule has 9 heteroatoms.